The van der Waals surface area contributed by atoms with Crippen LogP contribution in [0.3, 0.4) is 0 Å². The minimum Gasteiger partial charge on any atom is -0.368 e. The summed E-state index contributed by atoms with van der Waals surface area (Å²) in [5.74, 6) is 0.123. The molecule has 0 spiro atoms. The Bertz CT molecular complexity index is 1440. The summed E-state index contributed by atoms with van der Waals surface area (Å²) in [6.07, 6.45) is 3.71. The van der Waals surface area contributed by atoms with Crippen molar-refractivity contribution in [3.8, 4) is 0 Å². The molecule has 2 aromatic carbocycles. The lowest BCUT2D eigenvalue weighted by molar-refractivity contribution is -0.131. The summed E-state index contributed by atoms with van der Waals surface area (Å²) in [6, 6.07) is 14.5. The lowest BCUT2D eigenvalue weighted by Crippen LogP contribution is -2.49. The number of nitrogens with zero attached hydrogens (tertiary/aromatic N) is 5. The number of benzene rings is 2. The molecular formula is C23H25ClN6O3S2. The molecule has 5 rings (SSSR count). The molecule has 0 bridgehead atoms. The number of fused-ring (bicyclic) bond motifs is 1. The van der Waals surface area contributed by atoms with Crippen molar-refractivity contribution >= 4 is 60.8 Å². The Balaban J connectivity index is 0.00000304. The molecule has 1 amide bonds. The smallest absolute Gasteiger partial charge is 0.263 e. The number of aryl methyl sites for hydroxylation is 1. The third kappa shape index (κ3) is 5.26. The van der Waals surface area contributed by atoms with E-state index in [2.05, 4.69) is 23.5 Å². The van der Waals surface area contributed by atoms with E-state index in [4.69, 9.17) is 11.6 Å². The SMILES string of the molecule is O=C(CCn1ccc2ccc(Cl)cc21)N1CCN(c2ccc(S(=O)(=O)Nc3ncns3)cc2)CC1.[HH]. The summed E-state index contributed by atoms with van der Waals surface area (Å²) in [4.78, 5) is 20.9. The van der Waals surface area contributed by atoms with Crippen LogP contribution in [0, 0.1) is 0 Å². The minimum absolute atomic E-state index is 0. The minimum atomic E-state index is -3.71. The van der Waals surface area contributed by atoms with Crippen LogP contribution >= 0.6 is 23.1 Å². The molecule has 9 nitrogen and oxygen atoms in total. The highest BCUT2D eigenvalue weighted by Gasteiger charge is 2.22. The van der Waals surface area contributed by atoms with Crippen LogP contribution in [0.15, 0.2) is 66.0 Å². The average molecular weight is 533 g/mol. The van der Waals surface area contributed by atoms with Crippen LogP contribution in [0.4, 0.5) is 10.8 Å². The van der Waals surface area contributed by atoms with Crippen LogP contribution in [0.1, 0.15) is 7.85 Å². The molecule has 0 unspecified atom stereocenters. The third-order valence-electron chi connectivity index (χ3n) is 6.03. The Kier molecular flexibility index (Phi) is 6.63. The van der Waals surface area contributed by atoms with Gasteiger partial charge in [-0.2, -0.15) is 4.37 Å². The topological polar surface area (TPSA) is 100 Å². The zero-order valence-corrected chi connectivity index (χ0v) is 21.1. The van der Waals surface area contributed by atoms with E-state index in [0.717, 1.165) is 28.1 Å². The van der Waals surface area contributed by atoms with Crippen molar-refractivity contribution in [2.24, 2.45) is 0 Å². The summed E-state index contributed by atoms with van der Waals surface area (Å²) in [7, 11) is -3.71. The monoisotopic (exact) mass is 532 g/mol. The Labute approximate surface area is 213 Å². The van der Waals surface area contributed by atoms with Gasteiger partial charge in [0.15, 0.2) is 0 Å². The molecule has 0 radical (unpaired) electrons. The van der Waals surface area contributed by atoms with Crippen molar-refractivity contribution in [1.29, 1.82) is 0 Å². The van der Waals surface area contributed by atoms with Gasteiger partial charge in [0.2, 0.25) is 11.0 Å². The molecule has 12 heteroatoms. The van der Waals surface area contributed by atoms with Gasteiger partial charge in [0.25, 0.3) is 10.0 Å². The average Bonchev–Trinajstić information content (AvgIpc) is 3.52. The van der Waals surface area contributed by atoms with Gasteiger partial charge in [0.05, 0.1) is 4.90 Å². The number of halogens is 1. The first-order valence-corrected chi connectivity index (χ1v) is 13.7. The Morgan fingerprint density at radius 1 is 1.09 bits per heavy atom. The van der Waals surface area contributed by atoms with Crippen LogP contribution in [-0.2, 0) is 21.4 Å². The third-order valence-corrected chi connectivity index (χ3v) is 8.33. The molecule has 2 aromatic heterocycles. The molecule has 1 saturated heterocycles. The van der Waals surface area contributed by atoms with Crippen molar-refractivity contribution in [3.05, 3.63) is 66.1 Å². The van der Waals surface area contributed by atoms with Gasteiger partial charge in [-0.1, -0.05) is 17.7 Å². The second-order valence-electron chi connectivity index (χ2n) is 8.18. The molecule has 3 heterocycles. The zero-order valence-electron chi connectivity index (χ0n) is 18.7. The van der Waals surface area contributed by atoms with Gasteiger partial charge < -0.3 is 14.4 Å². The molecule has 4 aromatic rings. The lowest BCUT2D eigenvalue weighted by atomic mass is 10.2. The highest BCUT2D eigenvalue weighted by molar-refractivity contribution is 7.93. The molecule has 0 saturated carbocycles. The lowest BCUT2D eigenvalue weighted by Gasteiger charge is -2.36. The van der Waals surface area contributed by atoms with Gasteiger partial charge >= 0.3 is 0 Å². The Hall–Kier alpha value is -3.15. The first-order chi connectivity index (χ1) is 16.9. The number of hydrogen-bond donors (Lipinski definition) is 1. The van der Waals surface area contributed by atoms with Gasteiger partial charge in [-0.15, -0.1) is 0 Å². The molecule has 1 fully saturated rings. The van der Waals surface area contributed by atoms with Gasteiger partial charge in [-0.25, -0.2) is 13.4 Å². The first kappa shape index (κ1) is 23.6. The molecule has 0 atom stereocenters. The van der Waals surface area contributed by atoms with E-state index in [-0.39, 0.29) is 17.4 Å². The number of nitrogens with one attached hydrogen (secondary N) is 1. The first-order valence-electron chi connectivity index (χ1n) is 11.1. The molecule has 1 N–H and O–H groups in total. The van der Waals surface area contributed by atoms with Gasteiger partial charge in [0.1, 0.15) is 6.33 Å². The second kappa shape index (κ2) is 9.84. The van der Waals surface area contributed by atoms with Crippen LogP contribution < -0.4 is 9.62 Å². The number of carbonyl (C=O) groups is 1. The van der Waals surface area contributed by atoms with Gasteiger partial charge in [-0.05, 0) is 47.9 Å². The highest BCUT2D eigenvalue weighted by atomic mass is 35.5. The quantitative estimate of drug-likeness (QED) is 0.387. The number of sulfonamides is 1. The zero-order chi connectivity index (χ0) is 24.4. The summed E-state index contributed by atoms with van der Waals surface area (Å²) < 4.78 is 33.3. The van der Waals surface area contributed by atoms with E-state index in [1.165, 1.54) is 6.33 Å². The fourth-order valence-corrected chi connectivity index (χ4v) is 6.00. The number of amides is 1. The summed E-state index contributed by atoms with van der Waals surface area (Å²) >= 11 is 7.10. The summed E-state index contributed by atoms with van der Waals surface area (Å²) in [5, 5.41) is 2.01. The van der Waals surface area contributed by atoms with E-state index in [1.54, 1.807) is 24.3 Å². The normalized spacial score (nSPS) is 14.4. The highest BCUT2D eigenvalue weighted by Crippen LogP contribution is 2.23. The fourth-order valence-electron chi connectivity index (χ4n) is 4.17. The molecular weight excluding hydrogens is 508 g/mol. The van der Waals surface area contributed by atoms with Gasteiger partial charge in [-0.3, -0.25) is 9.52 Å². The molecule has 1 aliphatic rings. The predicted molar refractivity (Wildman–Crippen MR) is 140 cm³/mol. The van der Waals surface area contributed by atoms with Crippen molar-refractivity contribution in [3.63, 3.8) is 0 Å². The second-order valence-corrected chi connectivity index (χ2v) is 11.1. The Morgan fingerprint density at radius 2 is 1.86 bits per heavy atom. The van der Waals surface area contributed by atoms with Crippen molar-refractivity contribution in [2.75, 3.05) is 35.8 Å². The Morgan fingerprint density at radius 3 is 2.57 bits per heavy atom. The van der Waals surface area contributed by atoms with E-state index in [0.29, 0.717) is 44.2 Å². The number of hydrogen-bond acceptors (Lipinski definition) is 7. The maximum atomic E-state index is 12.8. The van der Waals surface area contributed by atoms with Crippen LogP contribution in [0.2, 0.25) is 5.02 Å². The number of aromatic nitrogens is 3. The number of rotatable bonds is 7. The van der Waals surface area contributed by atoms with Crippen molar-refractivity contribution in [1.82, 2.24) is 18.8 Å². The van der Waals surface area contributed by atoms with E-state index in [9.17, 15) is 13.2 Å². The molecule has 0 aliphatic carbocycles. The van der Waals surface area contributed by atoms with Gasteiger partial charge in [0, 0.05) is 74.5 Å². The molecule has 35 heavy (non-hydrogen) atoms. The fraction of sp³-hybridized carbons (Fsp3) is 0.261. The maximum absolute atomic E-state index is 12.8. The van der Waals surface area contributed by atoms with E-state index in [1.807, 2.05) is 35.4 Å². The van der Waals surface area contributed by atoms with E-state index >= 15 is 0 Å². The summed E-state index contributed by atoms with van der Waals surface area (Å²) in [6.45, 7) is 3.21. The van der Waals surface area contributed by atoms with Crippen molar-refractivity contribution < 1.29 is 14.6 Å². The molecule has 1 aliphatic heterocycles. The van der Waals surface area contributed by atoms with Crippen molar-refractivity contribution in [2.45, 2.75) is 17.9 Å². The predicted octanol–water partition coefficient (Wildman–Crippen LogP) is 3.93. The molecule has 184 valence electrons. The summed E-state index contributed by atoms with van der Waals surface area (Å²) in [5.41, 5.74) is 1.95. The number of anilines is 2. The van der Waals surface area contributed by atoms with Crippen LogP contribution in [-0.4, -0.2) is 59.3 Å². The number of carbonyl (C=O) groups excluding carboxylic acids is 1. The van der Waals surface area contributed by atoms with E-state index < -0.39 is 10.0 Å². The largest absolute Gasteiger partial charge is 0.368 e. The number of piperazine rings is 1. The standard InChI is InChI=1S/C23H23ClN6O3S2.H2/c24-18-2-1-17-7-9-29(21(17)15-18)10-8-22(31)30-13-11-28(12-14-30)19-3-5-20(6-4-19)35(32,33)27-23-25-16-26-34-23;/h1-7,9,15-16H,8,10-14H2,(H,25,26,27);1H. The van der Waals surface area contributed by atoms with Crippen LogP contribution in [0.5, 0.6) is 0 Å². The maximum Gasteiger partial charge on any atom is 0.263 e. The van der Waals surface area contributed by atoms with Crippen LogP contribution in [0.25, 0.3) is 10.9 Å².